The number of hydrogen-bond acceptors (Lipinski definition) is 1. The van der Waals surface area contributed by atoms with Crippen molar-refractivity contribution in [2.45, 2.75) is 58.9 Å². The molecule has 2 N–H and O–H groups in total. The first-order valence-corrected chi connectivity index (χ1v) is 6.22. The fourth-order valence-electron chi connectivity index (χ4n) is 1.84. The van der Waals surface area contributed by atoms with Crippen LogP contribution in [0.2, 0.25) is 0 Å². The highest BCUT2D eigenvalue weighted by Gasteiger charge is 2.14. The Morgan fingerprint density at radius 2 is 1.81 bits per heavy atom. The summed E-state index contributed by atoms with van der Waals surface area (Å²) in [5.74, 6) is 0. The van der Waals surface area contributed by atoms with E-state index in [2.05, 4.69) is 31.4 Å². The number of amides is 2. The van der Waals surface area contributed by atoms with Gasteiger partial charge in [-0.25, -0.2) is 4.79 Å². The zero-order valence-corrected chi connectivity index (χ0v) is 10.7. The van der Waals surface area contributed by atoms with Gasteiger partial charge in [-0.2, -0.15) is 0 Å². The van der Waals surface area contributed by atoms with Gasteiger partial charge in [0.1, 0.15) is 0 Å². The van der Waals surface area contributed by atoms with Crippen LogP contribution in [0.15, 0.2) is 12.3 Å². The molecule has 92 valence electrons. The molecule has 16 heavy (non-hydrogen) atoms. The van der Waals surface area contributed by atoms with Gasteiger partial charge >= 0.3 is 6.03 Å². The summed E-state index contributed by atoms with van der Waals surface area (Å²) in [6.07, 6.45) is 9.76. The first-order chi connectivity index (χ1) is 7.47. The van der Waals surface area contributed by atoms with Crippen LogP contribution in [0.5, 0.6) is 0 Å². The van der Waals surface area contributed by atoms with Gasteiger partial charge in [0.25, 0.3) is 0 Å². The molecule has 2 amide bonds. The average Bonchev–Trinajstić information content (AvgIpc) is 2.17. The van der Waals surface area contributed by atoms with E-state index in [9.17, 15) is 4.79 Å². The van der Waals surface area contributed by atoms with Crippen LogP contribution in [0.4, 0.5) is 4.79 Å². The summed E-state index contributed by atoms with van der Waals surface area (Å²) in [6, 6.07) is 0.296. The van der Waals surface area contributed by atoms with Crippen LogP contribution in [0.3, 0.4) is 0 Å². The maximum Gasteiger partial charge on any atom is 0.318 e. The van der Waals surface area contributed by atoms with E-state index in [1.807, 2.05) is 6.08 Å². The first-order valence-electron chi connectivity index (χ1n) is 6.22. The van der Waals surface area contributed by atoms with Crippen molar-refractivity contribution in [3.05, 3.63) is 12.3 Å². The van der Waals surface area contributed by atoms with E-state index in [0.717, 1.165) is 12.8 Å². The van der Waals surface area contributed by atoms with Crippen molar-refractivity contribution >= 4 is 6.03 Å². The maximum absolute atomic E-state index is 11.5. The van der Waals surface area contributed by atoms with E-state index in [4.69, 9.17) is 0 Å². The fraction of sp³-hybridized carbons (Fsp3) is 0.769. The zero-order chi connectivity index (χ0) is 12.0. The normalized spacial score (nSPS) is 18.7. The van der Waals surface area contributed by atoms with Crippen LogP contribution < -0.4 is 10.6 Å². The Balaban J connectivity index is 2.22. The third-order valence-electron chi connectivity index (χ3n) is 2.74. The summed E-state index contributed by atoms with van der Waals surface area (Å²) in [7, 11) is 0. The molecule has 0 aliphatic heterocycles. The lowest BCUT2D eigenvalue weighted by atomic mass is 9.96. The molecule has 0 saturated heterocycles. The number of urea groups is 1. The number of nitrogens with one attached hydrogen (secondary N) is 2. The van der Waals surface area contributed by atoms with Crippen molar-refractivity contribution in [2.24, 2.45) is 5.41 Å². The SMILES string of the molecule is CC(C)(C)/C=C/NC(=O)NC1CCCCC1. The molecule has 0 aromatic rings. The number of hydrogen-bond donors (Lipinski definition) is 2. The van der Waals surface area contributed by atoms with Crippen molar-refractivity contribution in [1.29, 1.82) is 0 Å². The Hall–Kier alpha value is -0.990. The highest BCUT2D eigenvalue weighted by atomic mass is 16.2. The largest absolute Gasteiger partial charge is 0.335 e. The molecule has 1 rings (SSSR count). The predicted octanol–water partition coefficient (Wildman–Crippen LogP) is 3.18. The number of allylic oxidation sites excluding steroid dienone is 1. The lowest BCUT2D eigenvalue weighted by Gasteiger charge is -2.22. The molecule has 1 saturated carbocycles. The van der Waals surface area contributed by atoms with Crippen LogP contribution in [0.1, 0.15) is 52.9 Å². The maximum atomic E-state index is 11.5. The van der Waals surface area contributed by atoms with Crippen LogP contribution >= 0.6 is 0 Å². The van der Waals surface area contributed by atoms with E-state index in [1.54, 1.807) is 6.20 Å². The molecule has 3 heteroatoms. The number of carbonyl (C=O) groups excluding carboxylic acids is 1. The Kier molecular flexibility index (Phi) is 4.84. The lowest BCUT2D eigenvalue weighted by Crippen LogP contribution is -2.41. The summed E-state index contributed by atoms with van der Waals surface area (Å²) in [5.41, 5.74) is 0.109. The molecule has 0 atom stereocenters. The minimum atomic E-state index is -0.0765. The Morgan fingerprint density at radius 3 is 2.38 bits per heavy atom. The smallest absolute Gasteiger partial charge is 0.318 e. The van der Waals surface area contributed by atoms with Gasteiger partial charge in [0.15, 0.2) is 0 Å². The van der Waals surface area contributed by atoms with Crippen LogP contribution in [-0.2, 0) is 0 Å². The molecule has 0 aromatic heterocycles. The van der Waals surface area contributed by atoms with Crippen molar-refractivity contribution in [3.8, 4) is 0 Å². The number of rotatable bonds is 2. The van der Waals surface area contributed by atoms with Crippen LogP contribution in [-0.4, -0.2) is 12.1 Å². The van der Waals surface area contributed by atoms with Crippen molar-refractivity contribution in [2.75, 3.05) is 0 Å². The van der Waals surface area contributed by atoms with Gasteiger partial charge in [-0.1, -0.05) is 46.1 Å². The van der Waals surface area contributed by atoms with E-state index in [0.29, 0.717) is 6.04 Å². The van der Waals surface area contributed by atoms with Crippen LogP contribution in [0, 0.1) is 5.41 Å². The topological polar surface area (TPSA) is 41.1 Å². The fourth-order valence-corrected chi connectivity index (χ4v) is 1.84. The molecule has 1 fully saturated rings. The molecule has 0 spiro atoms. The Morgan fingerprint density at radius 1 is 1.19 bits per heavy atom. The summed E-state index contributed by atoms with van der Waals surface area (Å²) < 4.78 is 0. The minimum Gasteiger partial charge on any atom is -0.335 e. The standard InChI is InChI=1S/C13H24N2O/c1-13(2,3)9-10-14-12(16)15-11-7-5-4-6-8-11/h9-11H,4-8H2,1-3H3,(H2,14,15,16)/b10-9+. The summed E-state index contributed by atoms with van der Waals surface area (Å²) >= 11 is 0. The highest BCUT2D eigenvalue weighted by Crippen LogP contribution is 2.17. The Bertz CT molecular complexity index is 247. The Labute approximate surface area is 98.7 Å². The van der Waals surface area contributed by atoms with Gasteiger partial charge in [-0.15, -0.1) is 0 Å². The van der Waals surface area contributed by atoms with Gasteiger partial charge in [-0.3, -0.25) is 0 Å². The van der Waals surface area contributed by atoms with Gasteiger partial charge in [0.2, 0.25) is 0 Å². The van der Waals surface area contributed by atoms with Crippen molar-refractivity contribution in [3.63, 3.8) is 0 Å². The quantitative estimate of drug-likeness (QED) is 0.743. The zero-order valence-electron chi connectivity index (χ0n) is 10.7. The van der Waals surface area contributed by atoms with E-state index in [1.165, 1.54) is 19.3 Å². The molecule has 3 nitrogen and oxygen atoms in total. The second kappa shape index (κ2) is 5.92. The van der Waals surface area contributed by atoms with Gasteiger partial charge < -0.3 is 10.6 Å². The minimum absolute atomic E-state index is 0.0765. The molecular weight excluding hydrogens is 200 g/mol. The second-order valence-corrected chi connectivity index (χ2v) is 5.65. The van der Waals surface area contributed by atoms with Crippen molar-refractivity contribution in [1.82, 2.24) is 10.6 Å². The highest BCUT2D eigenvalue weighted by molar-refractivity contribution is 5.75. The monoisotopic (exact) mass is 224 g/mol. The average molecular weight is 224 g/mol. The van der Waals surface area contributed by atoms with Gasteiger partial charge in [0, 0.05) is 12.2 Å². The second-order valence-electron chi connectivity index (χ2n) is 5.65. The molecule has 0 radical (unpaired) electrons. The van der Waals surface area contributed by atoms with E-state index in [-0.39, 0.29) is 11.4 Å². The van der Waals surface area contributed by atoms with Crippen LogP contribution in [0.25, 0.3) is 0 Å². The first kappa shape index (κ1) is 13.1. The van der Waals surface area contributed by atoms with Crippen molar-refractivity contribution < 1.29 is 4.79 Å². The molecule has 0 aromatic carbocycles. The molecule has 1 aliphatic rings. The van der Waals surface area contributed by atoms with E-state index < -0.39 is 0 Å². The summed E-state index contributed by atoms with van der Waals surface area (Å²) in [5, 5.41) is 5.76. The molecule has 1 aliphatic carbocycles. The molecule has 0 heterocycles. The predicted molar refractivity (Wildman–Crippen MR) is 67.1 cm³/mol. The summed E-state index contributed by atoms with van der Waals surface area (Å²) in [4.78, 5) is 11.5. The number of carbonyl (C=O) groups is 1. The van der Waals surface area contributed by atoms with Gasteiger partial charge in [0.05, 0.1) is 0 Å². The lowest BCUT2D eigenvalue weighted by molar-refractivity contribution is 0.236. The summed E-state index contributed by atoms with van der Waals surface area (Å²) in [6.45, 7) is 6.30. The molecule has 0 unspecified atom stereocenters. The third kappa shape index (κ3) is 5.79. The molecule has 0 bridgehead atoms. The molecular formula is C13H24N2O. The van der Waals surface area contributed by atoms with Gasteiger partial charge in [-0.05, 0) is 18.3 Å². The third-order valence-corrected chi connectivity index (χ3v) is 2.74. The van der Waals surface area contributed by atoms with E-state index >= 15 is 0 Å².